The molecule has 2 unspecified atom stereocenters. The smallest absolute Gasteiger partial charge is 0.129 e. The molecule has 1 aliphatic heterocycles. The summed E-state index contributed by atoms with van der Waals surface area (Å²) in [5.41, 5.74) is 1.86. The third kappa shape index (κ3) is 2.76. The summed E-state index contributed by atoms with van der Waals surface area (Å²) in [5, 5.41) is 9.23. The van der Waals surface area contributed by atoms with Gasteiger partial charge in [0.2, 0.25) is 0 Å². The topological polar surface area (TPSA) is 45.6 Å². The molecule has 94 valence electrons. The van der Waals surface area contributed by atoms with Crippen LogP contribution in [0.5, 0.6) is 0 Å². The van der Waals surface area contributed by atoms with Gasteiger partial charge < -0.3 is 14.7 Å². The fourth-order valence-electron chi connectivity index (χ4n) is 2.18. The van der Waals surface area contributed by atoms with Crippen LogP contribution in [-0.2, 0) is 11.3 Å². The van der Waals surface area contributed by atoms with Gasteiger partial charge >= 0.3 is 0 Å². The van der Waals surface area contributed by atoms with Crippen molar-refractivity contribution in [1.82, 2.24) is 4.98 Å². The second-order valence-corrected chi connectivity index (χ2v) is 4.78. The third-order valence-corrected chi connectivity index (χ3v) is 3.08. The van der Waals surface area contributed by atoms with Crippen molar-refractivity contribution in [2.45, 2.75) is 39.5 Å². The summed E-state index contributed by atoms with van der Waals surface area (Å²) in [6.07, 6.45) is 0.228. The zero-order chi connectivity index (χ0) is 12.4. The Morgan fingerprint density at radius 1 is 1.47 bits per heavy atom. The number of anilines is 1. The van der Waals surface area contributed by atoms with Crippen LogP contribution in [0.25, 0.3) is 0 Å². The molecule has 1 aromatic rings. The zero-order valence-electron chi connectivity index (χ0n) is 10.7. The van der Waals surface area contributed by atoms with Gasteiger partial charge in [0.05, 0.1) is 25.4 Å². The number of morpholine rings is 1. The van der Waals surface area contributed by atoms with Crippen LogP contribution in [0.3, 0.4) is 0 Å². The molecule has 2 atom stereocenters. The van der Waals surface area contributed by atoms with E-state index < -0.39 is 0 Å². The largest absolute Gasteiger partial charge is 0.392 e. The summed E-state index contributed by atoms with van der Waals surface area (Å²) in [7, 11) is 0. The summed E-state index contributed by atoms with van der Waals surface area (Å²) in [5.74, 6) is 0.941. The molecule has 2 heterocycles. The molecule has 17 heavy (non-hydrogen) atoms. The standard InChI is InChI=1S/C13H20N2O2/c1-9-4-12(7-16)5-13(14-9)15-6-11(3)17-8-10(15)2/h4-5,10-11,16H,6-8H2,1-3H3. The van der Waals surface area contributed by atoms with Crippen LogP contribution in [0, 0.1) is 6.92 Å². The Morgan fingerprint density at radius 3 is 2.94 bits per heavy atom. The molecule has 1 fully saturated rings. The van der Waals surface area contributed by atoms with E-state index >= 15 is 0 Å². The van der Waals surface area contributed by atoms with Crippen molar-refractivity contribution < 1.29 is 9.84 Å². The number of hydrogen-bond acceptors (Lipinski definition) is 4. The van der Waals surface area contributed by atoms with Gasteiger partial charge in [0.15, 0.2) is 0 Å². The molecule has 0 radical (unpaired) electrons. The number of nitrogens with zero attached hydrogens (tertiary/aromatic N) is 2. The predicted molar refractivity (Wildman–Crippen MR) is 67.1 cm³/mol. The minimum atomic E-state index is 0.0602. The predicted octanol–water partition coefficient (Wildman–Crippen LogP) is 1.50. The molecule has 0 bridgehead atoms. The summed E-state index contributed by atoms with van der Waals surface area (Å²) in [4.78, 5) is 6.80. The molecule has 0 aliphatic carbocycles. The number of pyridine rings is 1. The van der Waals surface area contributed by atoms with Gasteiger partial charge in [0.1, 0.15) is 5.82 Å². The quantitative estimate of drug-likeness (QED) is 0.845. The normalized spacial score (nSPS) is 25.1. The van der Waals surface area contributed by atoms with Crippen molar-refractivity contribution >= 4 is 5.82 Å². The first-order chi connectivity index (χ1) is 8.10. The average molecular weight is 236 g/mol. The Hall–Kier alpha value is -1.13. The Balaban J connectivity index is 2.28. The number of hydrogen-bond donors (Lipinski definition) is 1. The van der Waals surface area contributed by atoms with Crippen LogP contribution in [-0.4, -0.2) is 35.4 Å². The summed E-state index contributed by atoms with van der Waals surface area (Å²) >= 11 is 0. The molecule has 0 aromatic carbocycles. The number of aromatic nitrogens is 1. The van der Waals surface area contributed by atoms with Gasteiger partial charge in [0, 0.05) is 12.2 Å². The summed E-state index contributed by atoms with van der Waals surface area (Å²) in [6.45, 7) is 7.80. The molecule has 1 saturated heterocycles. The average Bonchev–Trinajstić information content (AvgIpc) is 2.31. The molecule has 4 nitrogen and oxygen atoms in total. The highest BCUT2D eigenvalue weighted by Crippen LogP contribution is 2.21. The van der Waals surface area contributed by atoms with Gasteiger partial charge in [-0.05, 0) is 38.5 Å². The van der Waals surface area contributed by atoms with Crippen molar-refractivity contribution in [1.29, 1.82) is 0 Å². The Morgan fingerprint density at radius 2 is 2.24 bits per heavy atom. The fraction of sp³-hybridized carbons (Fsp3) is 0.615. The summed E-state index contributed by atoms with van der Waals surface area (Å²) in [6, 6.07) is 4.20. The number of rotatable bonds is 2. The lowest BCUT2D eigenvalue weighted by molar-refractivity contribution is 0.0340. The first-order valence-corrected chi connectivity index (χ1v) is 6.07. The molecule has 1 N–H and O–H groups in total. The fourth-order valence-corrected chi connectivity index (χ4v) is 2.18. The lowest BCUT2D eigenvalue weighted by atomic mass is 10.1. The minimum Gasteiger partial charge on any atom is -0.392 e. The van der Waals surface area contributed by atoms with Gasteiger partial charge in [-0.3, -0.25) is 0 Å². The van der Waals surface area contributed by atoms with Gasteiger partial charge in [-0.1, -0.05) is 0 Å². The second-order valence-electron chi connectivity index (χ2n) is 4.78. The zero-order valence-corrected chi connectivity index (χ0v) is 10.7. The van der Waals surface area contributed by atoms with E-state index in [0.29, 0.717) is 6.04 Å². The van der Waals surface area contributed by atoms with E-state index in [1.807, 2.05) is 19.1 Å². The van der Waals surface area contributed by atoms with E-state index in [1.165, 1.54) is 0 Å². The Labute approximate surface area is 102 Å². The molecular formula is C13H20N2O2. The van der Waals surface area contributed by atoms with Crippen LogP contribution in [0.15, 0.2) is 12.1 Å². The molecule has 0 spiro atoms. The van der Waals surface area contributed by atoms with Gasteiger partial charge in [-0.15, -0.1) is 0 Å². The van der Waals surface area contributed by atoms with E-state index in [-0.39, 0.29) is 12.7 Å². The maximum absolute atomic E-state index is 9.23. The van der Waals surface area contributed by atoms with Crippen molar-refractivity contribution in [3.05, 3.63) is 23.4 Å². The molecule has 1 aromatic heterocycles. The minimum absolute atomic E-state index is 0.0602. The van der Waals surface area contributed by atoms with Crippen LogP contribution in [0.1, 0.15) is 25.1 Å². The molecule has 4 heteroatoms. The third-order valence-electron chi connectivity index (χ3n) is 3.08. The highest BCUT2D eigenvalue weighted by atomic mass is 16.5. The van der Waals surface area contributed by atoms with Crippen LogP contribution < -0.4 is 4.90 Å². The van der Waals surface area contributed by atoms with E-state index in [1.54, 1.807) is 0 Å². The van der Waals surface area contributed by atoms with Gasteiger partial charge in [0.25, 0.3) is 0 Å². The lowest BCUT2D eigenvalue weighted by Crippen LogP contribution is -2.47. The number of aliphatic hydroxyl groups excluding tert-OH is 1. The van der Waals surface area contributed by atoms with Gasteiger partial charge in [-0.25, -0.2) is 4.98 Å². The lowest BCUT2D eigenvalue weighted by Gasteiger charge is -2.37. The maximum Gasteiger partial charge on any atom is 0.129 e. The number of aliphatic hydroxyl groups is 1. The van der Waals surface area contributed by atoms with E-state index in [9.17, 15) is 5.11 Å². The van der Waals surface area contributed by atoms with Crippen molar-refractivity contribution in [3.63, 3.8) is 0 Å². The van der Waals surface area contributed by atoms with Crippen LogP contribution >= 0.6 is 0 Å². The first-order valence-electron chi connectivity index (χ1n) is 6.07. The summed E-state index contributed by atoms with van der Waals surface area (Å²) < 4.78 is 5.61. The van der Waals surface area contributed by atoms with Gasteiger partial charge in [-0.2, -0.15) is 0 Å². The van der Waals surface area contributed by atoms with E-state index in [2.05, 4.69) is 23.7 Å². The number of aryl methyl sites for hydroxylation is 1. The SMILES string of the molecule is Cc1cc(CO)cc(N2CC(C)OCC2C)n1. The molecule has 2 rings (SSSR count). The van der Waals surface area contributed by atoms with Crippen molar-refractivity contribution in [2.75, 3.05) is 18.1 Å². The van der Waals surface area contributed by atoms with E-state index in [0.717, 1.165) is 30.2 Å². The first kappa shape index (κ1) is 12.3. The monoisotopic (exact) mass is 236 g/mol. The maximum atomic E-state index is 9.23. The van der Waals surface area contributed by atoms with Crippen LogP contribution in [0.2, 0.25) is 0 Å². The molecule has 1 aliphatic rings. The number of ether oxygens (including phenoxy) is 1. The highest BCUT2D eigenvalue weighted by Gasteiger charge is 2.24. The van der Waals surface area contributed by atoms with Crippen molar-refractivity contribution in [2.24, 2.45) is 0 Å². The Kier molecular flexibility index (Phi) is 3.64. The highest BCUT2D eigenvalue weighted by molar-refractivity contribution is 5.44. The second kappa shape index (κ2) is 5.02. The molecule has 0 amide bonds. The molecule has 0 saturated carbocycles. The molecular weight excluding hydrogens is 216 g/mol. The van der Waals surface area contributed by atoms with Crippen LogP contribution in [0.4, 0.5) is 5.82 Å². The Bertz CT molecular complexity index is 395. The van der Waals surface area contributed by atoms with Crippen molar-refractivity contribution in [3.8, 4) is 0 Å². The van der Waals surface area contributed by atoms with E-state index in [4.69, 9.17) is 4.74 Å².